The minimum atomic E-state index is -0.539. The smallest absolute Gasteiger partial charge is 0.240 e. The van der Waals surface area contributed by atoms with Crippen LogP contribution in [-0.4, -0.2) is 55.8 Å². The minimum Gasteiger partial charge on any atom is -0.493 e. The van der Waals surface area contributed by atoms with Crippen molar-refractivity contribution in [3.05, 3.63) is 59.7 Å². The van der Waals surface area contributed by atoms with Crippen LogP contribution in [-0.2, 0) is 20.9 Å². The average molecular weight is 471 g/mol. The molecule has 1 unspecified atom stereocenters. The number of thioether (sulfide) groups is 1. The maximum Gasteiger partial charge on any atom is 0.240 e. The van der Waals surface area contributed by atoms with E-state index < -0.39 is 5.25 Å². The summed E-state index contributed by atoms with van der Waals surface area (Å²) in [6, 6.07) is 15.3. The zero-order chi connectivity index (χ0) is 23.5. The predicted molar refractivity (Wildman–Crippen MR) is 128 cm³/mol. The number of carbonyl (C=O) groups is 2. The van der Waals surface area contributed by atoms with E-state index in [1.54, 1.807) is 32.6 Å². The Morgan fingerprint density at radius 1 is 1.18 bits per heavy atom. The van der Waals surface area contributed by atoms with Crippen molar-refractivity contribution >= 4 is 35.0 Å². The van der Waals surface area contributed by atoms with E-state index >= 15 is 0 Å². The van der Waals surface area contributed by atoms with Crippen molar-refractivity contribution in [2.45, 2.75) is 18.3 Å². The molecule has 2 amide bonds. The number of nitrogens with zero attached hydrogens (tertiary/aromatic N) is 2. The number of nitrogens with one attached hydrogen (secondary N) is 2. The van der Waals surface area contributed by atoms with E-state index in [2.05, 4.69) is 20.8 Å². The van der Waals surface area contributed by atoms with Gasteiger partial charge in [-0.15, -0.1) is 5.10 Å². The number of ether oxygens (including phenoxy) is 3. The Balaban J connectivity index is 1.54. The van der Waals surface area contributed by atoms with E-state index in [1.807, 2.05) is 36.4 Å². The van der Waals surface area contributed by atoms with Gasteiger partial charge in [0, 0.05) is 20.1 Å². The highest BCUT2D eigenvalue weighted by Gasteiger charge is 2.32. The molecular weight excluding hydrogens is 444 g/mol. The molecule has 1 atom stereocenters. The highest BCUT2D eigenvalue weighted by molar-refractivity contribution is 8.15. The third kappa shape index (κ3) is 7.62. The first-order valence-corrected chi connectivity index (χ1v) is 11.2. The van der Waals surface area contributed by atoms with Crippen molar-refractivity contribution in [1.29, 1.82) is 0 Å². The highest BCUT2D eigenvalue weighted by Crippen LogP contribution is 2.28. The molecule has 1 fully saturated rings. The van der Waals surface area contributed by atoms with E-state index in [0.717, 1.165) is 11.1 Å². The molecule has 3 rings (SSSR count). The van der Waals surface area contributed by atoms with E-state index in [9.17, 15) is 9.59 Å². The first kappa shape index (κ1) is 24.3. The number of hydrogen-bond donors (Lipinski definition) is 2. The van der Waals surface area contributed by atoms with Gasteiger partial charge in [0.1, 0.15) is 11.9 Å². The summed E-state index contributed by atoms with van der Waals surface area (Å²) in [4.78, 5) is 24.0. The van der Waals surface area contributed by atoms with E-state index in [-0.39, 0.29) is 18.2 Å². The number of methoxy groups -OCH3 is 2. The molecule has 174 valence electrons. The molecule has 0 bridgehead atoms. The van der Waals surface area contributed by atoms with Crippen LogP contribution in [0.2, 0.25) is 0 Å². The van der Waals surface area contributed by atoms with Crippen LogP contribution in [0.5, 0.6) is 11.5 Å². The van der Waals surface area contributed by atoms with Gasteiger partial charge in [0.25, 0.3) is 0 Å². The summed E-state index contributed by atoms with van der Waals surface area (Å²) in [6.07, 6.45) is 1.61. The zero-order valence-corrected chi connectivity index (χ0v) is 19.3. The Morgan fingerprint density at radius 2 is 2.00 bits per heavy atom. The van der Waals surface area contributed by atoms with Gasteiger partial charge in [0.05, 0.1) is 19.9 Å². The molecular formula is C23H26N4O5S. The molecule has 1 saturated heterocycles. The standard InChI is InChI=1S/C23H26N4O5S/c1-30-11-10-24-21(28)13-20-22(29)26-23(33-20)27-25-14-17-8-9-18(19(12-17)31-2)32-15-16-6-4-3-5-7-16/h3-9,12,14,20H,10-11,13,15H2,1-2H3,(H,24,28)(H,26,27,29)/b25-14+. The fourth-order valence-electron chi connectivity index (χ4n) is 2.89. The Kier molecular flexibility index (Phi) is 9.28. The topological polar surface area (TPSA) is 111 Å². The fourth-order valence-corrected chi connectivity index (χ4v) is 3.81. The zero-order valence-electron chi connectivity index (χ0n) is 18.4. The normalized spacial score (nSPS) is 16.7. The van der Waals surface area contributed by atoms with Crippen LogP contribution in [0.1, 0.15) is 17.5 Å². The van der Waals surface area contributed by atoms with Crippen LogP contribution < -0.4 is 20.1 Å². The molecule has 1 aliphatic heterocycles. The molecule has 0 aliphatic carbocycles. The van der Waals surface area contributed by atoms with Crippen LogP contribution in [0.25, 0.3) is 0 Å². The number of amidine groups is 1. The van der Waals surface area contributed by atoms with E-state index in [1.165, 1.54) is 11.8 Å². The number of amides is 2. The highest BCUT2D eigenvalue weighted by atomic mass is 32.2. The first-order valence-electron chi connectivity index (χ1n) is 10.3. The van der Waals surface area contributed by atoms with E-state index in [4.69, 9.17) is 14.2 Å². The van der Waals surface area contributed by atoms with Gasteiger partial charge in [-0.05, 0) is 29.3 Å². The molecule has 9 nitrogen and oxygen atoms in total. The van der Waals surface area contributed by atoms with Crippen molar-refractivity contribution in [3.8, 4) is 11.5 Å². The van der Waals surface area contributed by atoms with Crippen molar-refractivity contribution in [2.24, 2.45) is 10.2 Å². The van der Waals surface area contributed by atoms with Gasteiger partial charge in [-0.3, -0.25) is 9.59 Å². The molecule has 10 heteroatoms. The second kappa shape index (κ2) is 12.6. The summed E-state index contributed by atoms with van der Waals surface area (Å²) in [6.45, 7) is 1.25. The lowest BCUT2D eigenvalue weighted by Crippen LogP contribution is -2.32. The molecule has 0 radical (unpaired) electrons. The van der Waals surface area contributed by atoms with Crippen LogP contribution >= 0.6 is 11.8 Å². The molecule has 0 spiro atoms. The lowest BCUT2D eigenvalue weighted by atomic mass is 10.2. The number of carbonyl (C=O) groups excluding carboxylic acids is 2. The van der Waals surface area contributed by atoms with Gasteiger partial charge < -0.3 is 24.8 Å². The molecule has 0 aromatic heterocycles. The number of rotatable bonds is 11. The van der Waals surface area contributed by atoms with Crippen LogP contribution in [0.15, 0.2) is 58.7 Å². The lowest BCUT2D eigenvalue weighted by molar-refractivity contribution is -0.125. The van der Waals surface area contributed by atoms with Crippen LogP contribution in [0.3, 0.4) is 0 Å². The van der Waals surface area contributed by atoms with Gasteiger partial charge >= 0.3 is 0 Å². The minimum absolute atomic E-state index is 0.0601. The Hall–Kier alpha value is -3.37. The summed E-state index contributed by atoms with van der Waals surface area (Å²) >= 11 is 1.17. The maximum absolute atomic E-state index is 12.1. The Morgan fingerprint density at radius 3 is 2.76 bits per heavy atom. The summed E-state index contributed by atoms with van der Waals surface area (Å²) in [5, 5.41) is 13.2. The predicted octanol–water partition coefficient (Wildman–Crippen LogP) is 2.35. The Labute approximate surface area is 196 Å². The monoisotopic (exact) mass is 470 g/mol. The first-order chi connectivity index (χ1) is 16.1. The van der Waals surface area contributed by atoms with Crippen molar-refractivity contribution < 1.29 is 23.8 Å². The third-order valence-corrected chi connectivity index (χ3v) is 5.63. The largest absolute Gasteiger partial charge is 0.493 e. The van der Waals surface area contributed by atoms with Gasteiger partial charge in [-0.2, -0.15) is 5.10 Å². The second-order valence-electron chi connectivity index (χ2n) is 6.98. The maximum atomic E-state index is 12.1. The molecule has 0 saturated carbocycles. The molecule has 1 heterocycles. The van der Waals surface area contributed by atoms with Crippen LogP contribution in [0.4, 0.5) is 0 Å². The molecule has 33 heavy (non-hydrogen) atoms. The van der Waals surface area contributed by atoms with Gasteiger partial charge in [-0.25, -0.2) is 0 Å². The average Bonchev–Trinajstić information content (AvgIpc) is 3.17. The van der Waals surface area contributed by atoms with Crippen molar-refractivity contribution in [1.82, 2.24) is 10.6 Å². The summed E-state index contributed by atoms with van der Waals surface area (Å²) in [5.41, 5.74) is 1.81. The van der Waals surface area contributed by atoms with E-state index in [0.29, 0.717) is 36.4 Å². The summed E-state index contributed by atoms with van der Waals surface area (Å²) in [7, 11) is 3.13. The van der Waals surface area contributed by atoms with Crippen molar-refractivity contribution in [2.75, 3.05) is 27.4 Å². The van der Waals surface area contributed by atoms with Gasteiger partial charge in [-0.1, -0.05) is 42.1 Å². The quantitative estimate of drug-likeness (QED) is 0.296. The molecule has 2 aromatic carbocycles. The molecule has 1 aliphatic rings. The lowest BCUT2D eigenvalue weighted by Gasteiger charge is -2.11. The van der Waals surface area contributed by atoms with Gasteiger partial charge in [0.15, 0.2) is 16.7 Å². The third-order valence-electron chi connectivity index (χ3n) is 4.56. The summed E-state index contributed by atoms with van der Waals surface area (Å²) < 4.78 is 16.2. The second-order valence-corrected chi connectivity index (χ2v) is 8.17. The van der Waals surface area contributed by atoms with Crippen molar-refractivity contribution in [3.63, 3.8) is 0 Å². The SMILES string of the molecule is COCCNC(=O)CC1S/C(=N/N=C/c2ccc(OCc3ccccc3)c(OC)c2)NC1=O. The fraction of sp³-hybridized carbons (Fsp3) is 0.304. The molecule has 2 N–H and O–H groups in total. The number of benzene rings is 2. The summed E-state index contributed by atoms with van der Waals surface area (Å²) in [5.74, 6) is 0.712. The molecule has 2 aromatic rings. The number of hydrogen-bond acceptors (Lipinski definition) is 8. The Bertz CT molecular complexity index is 1010. The van der Waals surface area contributed by atoms with Gasteiger partial charge in [0.2, 0.25) is 11.8 Å². The van der Waals surface area contributed by atoms with Crippen LogP contribution in [0, 0.1) is 0 Å².